The van der Waals surface area contributed by atoms with E-state index >= 15 is 0 Å². The Morgan fingerprint density at radius 2 is 1.79 bits per heavy atom. The normalized spacial score (nSPS) is 24.6. The highest BCUT2D eigenvalue weighted by molar-refractivity contribution is 6.23. The number of imide groups is 1. The monoisotopic (exact) mass is 460 g/mol. The zero-order valence-electron chi connectivity index (χ0n) is 18.8. The summed E-state index contributed by atoms with van der Waals surface area (Å²) in [6.07, 6.45) is 3.01. The maximum absolute atomic E-state index is 13.1. The van der Waals surface area contributed by atoms with E-state index in [-0.39, 0.29) is 41.0 Å². The number of hydrogen-bond acceptors (Lipinski definition) is 6. The third kappa shape index (κ3) is 3.65. The minimum atomic E-state index is -0.679. The third-order valence-corrected chi connectivity index (χ3v) is 6.93. The third-order valence-electron chi connectivity index (χ3n) is 6.93. The van der Waals surface area contributed by atoms with Gasteiger partial charge in [-0.15, -0.1) is 0 Å². The van der Waals surface area contributed by atoms with Crippen LogP contribution in [0.4, 0.5) is 11.4 Å². The summed E-state index contributed by atoms with van der Waals surface area (Å²) in [5.74, 6) is -1.20. The molecule has 34 heavy (non-hydrogen) atoms. The van der Waals surface area contributed by atoms with Gasteiger partial charge in [0.25, 0.3) is 5.91 Å². The van der Waals surface area contributed by atoms with E-state index in [1.165, 1.54) is 29.7 Å². The number of methoxy groups -OCH3 is 1. The van der Waals surface area contributed by atoms with E-state index in [1.807, 2.05) is 6.92 Å². The molecule has 4 atom stereocenters. The molecule has 3 aliphatic rings. The van der Waals surface area contributed by atoms with Crippen molar-refractivity contribution >= 4 is 35.1 Å². The highest BCUT2D eigenvalue weighted by Gasteiger charge is 2.60. The molecule has 2 aromatic rings. The first-order valence-corrected chi connectivity index (χ1v) is 11.1. The average Bonchev–Trinajstić information content (AvgIpc) is 3.48. The molecule has 2 aliphatic carbocycles. The fourth-order valence-electron chi connectivity index (χ4n) is 5.39. The predicted molar refractivity (Wildman–Crippen MR) is 123 cm³/mol. The number of hydrogen-bond donors (Lipinski definition) is 1. The van der Waals surface area contributed by atoms with Gasteiger partial charge in [0.05, 0.1) is 30.2 Å². The summed E-state index contributed by atoms with van der Waals surface area (Å²) in [5, 5.41) is 2.63. The number of ether oxygens (including phenoxy) is 2. The van der Waals surface area contributed by atoms with Crippen molar-refractivity contribution in [3.8, 4) is 5.75 Å². The van der Waals surface area contributed by atoms with Gasteiger partial charge in [-0.3, -0.25) is 19.3 Å². The Bertz CT molecular complexity index is 1220. The number of esters is 1. The molecule has 2 aromatic carbocycles. The molecule has 0 radical (unpaired) electrons. The van der Waals surface area contributed by atoms with Crippen LogP contribution in [0, 0.1) is 23.7 Å². The topological polar surface area (TPSA) is 102 Å². The molecule has 1 saturated carbocycles. The van der Waals surface area contributed by atoms with E-state index in [9.17, 15) is 19.2 Å². The van der Waals surface area contributed by atoms with Gasteiger partial charge in [-0.1, -0.05) is 17.7 Å². The number of fused-ring (bicyclic) bond motifs is 5. The molecule has 5 rings (SSSR count). The summed E-state index contributed by atoms with van der Waals surface area (Å²) >= 11 is 0. The molecule has 1 N–H and O–H groups in total. The summed E-state index contributed by atoms with van der Waals surface area (Å²) < 4.78 is 10.2. The molecule has 1 saturated heterocycles. The van der Waals surface area contributed by atoms with Crippen molar-refractivity contribution in [1.82, 2.24) is 0 Å². The van der Waals surface area contributed by atoms with E-state index in [0.717, 1.165) is 6.42 Å². The number of nitrogens with zero attached hydrogens (tertiary/aromatic N) is 1. The first-order chi connectivity index (χ1) is 16.4. The summed E-state index contributed by atoms with van der Waals surface area (Å²) in [6, 6.07) is 12.9. The van der Waals surface area contributed by atoms with Crippen molar-refractivity contribution < 1.29 is 28.7 Å². The molecule has 8 nitrogen and oxygen atoms in total. The number of allylic oxidation sites excluding steroid dienone is 2. The Balaban J connectivity index is 1.20. The van der Waals surface area contributed by atoms with E-state index in [2.05, 4.69) is 11.4 Å². The fraction of sp³-hybridized carbons (Fsp3) is 0.308. The number of amides is 3. The zero-order valence-corrected chi connectivity index (χ0v) is 18.8. The lowest BCUT2D eigenvalue weighted by Crippen LogP contribution is -2.33. The fourth-order valence-corrected chi connectivity index (χ4v) is 5.39. The second-order valence-corrected chi connectivity index (χ2v) is 8.88. The van der Waals surface area contributed by atoms with Gasteiger partial charge in [-0.25, -0.2) is 4.79 Å². The first kappa shape index (κ1) is 21.9. The standard InChI is InChI=1S/C26H24N2O6/c1-14-10-16-11-20(14)23-22(16)24(30)28(25(23)31)18-8-6-15(7-9-18)26(32)34-13-21(29)27-17-4-3-5-19(12-17)33-2/h3-10,12,16,20,22-23H,11,13H2,1-2H3,(H,27,29)/t16-,20+,22-,23-/m0/s1. The minimum absolute atomic E-state index is 0.133. The number of carbonyl (C=O) groups excluding carboxylic acids is 4. The van der Waals surface area contributed by atoms with Crippen molar-refractivity contribution in [2.24, 2.45) is 23.7 Å². The molecular formula is C26H24N2O6. The lowest BCUT2D eigenvalue weighted by atomic mass is 9.82. The lowest BCUT2D eigenvalue weighted by molar-refractivity contribution is -0.123. The number of nitrogens with one attached hydrogen (secondary N) is 1. The van der Waals surface area contributed by atoms with Crippen LogP contribution in [0.15, 0.2) is 60.2 Å². The Morgan fingerprint density at radius 1 is 1.06 bits per heavy atom. The van der Waals surface area contributed by atoms with E-state index < -0.39 is 18.5 Å². The Hall–Kier alpha value is -3.94. The van der Waals surface area contributed by atoms with Gasteiger partial charge in [0.15, 0.2) is 6.61 Å². The number of anilines is 2. The van der Waals surface area contributed by atoms with Crippen LogP contribution < -0.4 is 15.0 Å². The van der Waals surface area contributed by atoms with E-state index in [0.29, 0.717) is 17.1 Å². The van der Waals surface area contributed by atoms with Crippen molar-refractivity contribution in [3.63, 3.8) is 0 Å². The van der Waals surface area contributed by atoms with Gasteiger partial charge >= 0.3 is 5.97 Å². The molecule has 1 heterocycles. The molecule has 2 fully saturated rings. The Morgan fingerprint density at radius 3 is 2.53 bits per heavy atom. The van der Waals surface area contributed by atoms with Gasteiger partial charge in [-0.2, -0.15) is 0 Å². The predicted octanol–water partition coefficient (Wildman–Crippen LogP) is 3.19. The van der Waals surface area contributed by atoms with Crippen LogP contribution in [0.1, 0.15) is 23.7 Å². The van der Waals surface area contributed by atoms with Crippen molar-refractivity contribution in [3.05, 3.63) is 65.7 Å². The summed E-state index contributed by atoms with van der Waals surface area (Å²) in [7, 11) is 1.52. The smallest absolute Gasteiger partial charge is 0.338 e. The lowest BCUT2D eigenvalue weighted by Gasteiger charge is -2.19. The van der Waals surface area contributed by atoms with Crippen LogP contribution in [0.25, 0.3) is 0 Å². The zero-order chi connectivity index (χ0) is 24.0. The molecule has 3 amide bonds. The number of carbonyl (C=O) groups is 4. The van der Waals surface area contributed by atoms with Gasteiger partial charge in [-0.05, 0) is 61.6 Å². The quantitative estimate of drug-likeness (QED) is 0.404. The maximum Gasteiger partial charge on any atom is 0.338 e. The molecular weight excluding hydrogens is 436 g/mol. The molecule has 0 unspecified atom stereocenters. The molecule has 0 spiro atoms. The number of rotatable bonds is 6. The Labute approximate surface area is 196 Å². The second-order valence-electron chi connectivity index (χ2n) is 8.88. The molecule has 0 aromatic heterocycles. The van der Waals surface area contributed by atoms with Crippen LogP contribution in [-0.4, -0.2) is 37.4 Å². The first-order valence-electron chi connectivity index (χ1n) is 11.1. The molecule has 2 bridgehead atoms. The van der Waals surface area contributed by atoms with Gasteiger partial charge < -0.3 is 14.8 Å². The molecule has 1 aliphatic heterocycles. The Kier molecular flexibility index (Phi) is 5.43. The summed E-state index contributed by atoms with van der Waals surface area (Å²) in [5.41, 5.74) is 2.37. The second kappa shape index (κ2) is 8.44. The molecule has 8 heteroatoms. The average molecular weight is 460 g/mol. The molecule has 174 valence electrons. The number of benzene rings is 2. The van der Waals surface area contributed by atoms with Crippen LogP contribution in [-0.2, 0) is 19.1 Å². The van der Waals surface area contributed by atoms with Crippen LogP contribution in [0.2, 0.25) is 0 Å². The van der Waals surface area contributed by atoms with Crippen molar-refractivity contribution in [2.75, 3.05) is 23.9 Å². The van der Waals surface area contributed by atoms with E-state index in [4.69, 9.17) is 9.47 Å². The van der Waals surface area contributed by atoms with Gasteiger partial charge in [0.2, 0.25) is 11.8 Å². The highest BCUT2D eigenvalue weighted by atomic mass is 16.5. The SMILES string of the molecule is COc1cccc(NC(=O)COC(=O)c2ccc(N3C(=O)[C@@H]4[C@@H](C3=O)[C@H]3C=C(C)[C@H]4C3)cc2)c1. The highest BCUT2D eigenvalue weighted by Crippen LogP contribution is 2.55. The van der Waals surface area contributed by atoms with Crippen molar-refractivity contribution in [1.29, 1.82) is 0 Å². The van der Waals surface area contributed by atoms with Crippen LogP contribution in [0.3, 0.4) is 0 Å². The van der Waals surface area contributed by atoms with Crippen LogP contribution >= 0.6 is 0 Å². The van der Waals surface area contributed by atoms with E-state index in [1.54, 1.807) is 36.4 Å². The van der Waals surface area contributed by atoms with Gasteiger partial charge in [0, 0.05) is 11.8 Å². The van der Waals surface area contributed by atoms with Crippen LogP contribution in [0.5, 0.6) is 5.75 Å². The largest absolute Gasteiger partial charge is 0.497 e. The van der Waals surface area contributed by atoms with Gasteiger partial charge in [0.1, 0.15) is 5.75 Å². The minimum Gasteiger partial charge on any atom is -0.497 e. The van der Waals surface area contributed by atoms with Crippen molar-refractivity contribution in [2.45, 2.75) is 13.3 Å². The summed E-state index contributed by atoms with van der Waals surface area (Å²) in [6.45, 7) is 1.57. The maximum atomic E-state index is 13.1. The summed E-state index contributed by atoms with van der Waals surface area (Å²) in [4.78, 5) is 51.8.